The predicted molar refractivity (Wildman–Crippen MR) is 70.3 cm³/mol. The predicted octanol–water partition coefficient (Wildman–Crippen LogP) is 0.883. The number of ether oxygens (including phenoxy) is 1. The number of nitrogens with zero attached hydrogens (tertiary/aromatic N) is 1. The van der Waals surface area contributed by atoms with Crippen molar-refractivity contribution < 1.29 is 14.3 Å². The molecule has 0 spiro atoms. The van der Waals surface area contributed by atoms with Crippen LogP contribution >= 0.6 is 0 Å². The Morgan fingerprint density at radius 2 is 1.95 bits per heavy atom. The van der Waals surface area contributed by atoms with Crippen LogP contribution in [0.15, 0.2) is 24.3 Å². The number of nitrogens with one attached hydrogen (secondary N) is 2. The lowest BCUT2D eigenvalue weighted by molar-refractivity contribution is -0.133. The second-order valence-electron chi connectivity index (χ2n) is 4.65. The van der Waals surface area contributed by atoms with E-state index in [2.05, 4.69) is 10.9 Å². The molecule has 1 aliphatic rings. The Balaban J connectivity index is 1.80. The molecule has 0 aromatic heterocycles. The largest absolute Gasteiger partial charge is 0.481 e. The lowest BCUT2D eigenvalue weighted by atomic mass is 10.2. The highest BCUT2D eigenvalue weighted by molar-refractivity contribution is 5.86. The summed E-state index contributed by atoms with van der Waals surface area (Å²) in [4.78, 5) is 23.1. The van der Waals surface area contributed by atoms with Crippen LogP contribution in [-0.4, -0.2) is 17.9 Å². The minimum atomic E-state index is -0.748. The first-order valence-electron chi connectivity index (χ1n) is 6.36. The van der Waals surface area contributed by atoms with Gasteiger partial charge in [0.1, 0.15) is 5.75 Å². The van der Waals surface area contributed by atoms with E-state index in [1.54, 1.807) is 31.2 Å². The topological polar surface area (TPSA) is 91.2 Å². The molecule has 6 heteroatoms. The SMILES string of the molecule is CC(Oc1ccc(C#N)cc1)C(=O)NNC(=O)C1CC1. The quantitative estimate of drug-likeness (QED) is 0.797. The van der Waals surface area contributed by atoms with Crippen molar-refractivity contribution in [1.82, 2.24) is 10.9 Å². The molecule has 1 saturated carbocycles. The lowest BCUT2D eigenvalue weighted by Gasteiger charge is -2.15. The molecule has 0 saturated heterocycles. The van der Waals surface area contributed by atoms with E-state index in [1.165, 1.54) is 0 Å². The Hall–Kier alpha value is -2.55. The Bertz CT molecular complexity index is 544. The van der Waals surface area contributed by atoms with Crippen LogP contribution in [0.1, 0.15) is 25.3 Å². The van der Waals surface area contributed by atoms with Gasteiger partial charge in [0.05, 0.1) is 11.6 Å². The maximum Gasteiger partial charge on any atom is 0.279 e. The van der Waals surface area contributed by atoms with Gasteiger partial charge >= 0.3 is 0 Å². The molecule has 0 heterocycles. The summed E-state index contributed by atoms with van der Waals surface area (Å²) >= 11 is 0. The van der Waals surface area contributed by atoms with Crippen molar-refractivity contribution in [3.8, 4) is 11.8 Å². The van der Waals surface area contributed by atoms with Crippen molar-refractivity contribution in [2.24, 2.45) is 5.92 Å². The summed E-state index contributed by atoms with van der Waals surface area (Å²) in [5, 5.41) is 8.68. The third-order valence-electron chi connectivity index (χ3n) is 2.92. The van der Waals surface area contributed by atoms with E-state index in [0.717, 1.165) is 12.8 Å². The summed E-state index contributed by atoms with van der Waals surface area (Å²) in [6.07, 6.45) is 1.00. The van der Waals surface area contributed by atoms with Gasteiger partial charge in [0, 0.05) is 5.92 Å². The molecule has 1 unspecified atom stereocenters. The standard InChI is InChI=1S/C14H15N3O3/c1-9(13(18)16-17-14(19)11-4-5-11)20-12-6-2-10(8-15)3-7-12/h2-3,6-7,9,11H,4-5H2,1H3,(H,16,18)(H,17,19). The molecule has 20 heavy (non-hydrogen) atoms. The number of benzene rings is 1. The molecule has 1 aromatic carbocycles. The first-order chi connectivity index (χ1) is 9.60. The average molecular weight is 273 g/mol. The summed E-state index contributed by atoms with van der Waals surface area (Å²) in [5.74, 6) is -0.0718. The van der Waals surface area contributed by atoms with Crippen LogP contribution in [0.3, 0.4) is 0 Å². The summed E-state index contributed by atoms with van der Waals surface area (Å²) in [6.45, 7) is 1.58. The van der Waals surface area contributed by atoms with Gasteiger partial charge in [0.15, 0.2) is 6.10 Å². The first kappa shape index (κ1) is 13.9. The molecule has 2 N–H and O–H groups in total. The number of carbonyl (C=O) groups is 2. The highest BCUT2D eigenvalue weighted by Gasteiger charge is 2.30. The van der Waals surface area contributed by atoms with Crippen molar-refractivity contribution in [3.63, 3.8) is 0 Å². The molecule has 1 atom stereocenters. The van der Waals surface area contributed by atoms with E-state index in [1.807, 2.05) is 6.07 Å². The van der Waals surface area contributed by atoms with Crippen molar-refractivity contribution in [1.29, 1.82) is 5.26 Å². The molecule has 2 amide bonds. The number of nitriles is 1. The Labute approximate surface area is 116 Å². The number of carbonyl (C=O) groups excluding carboxylic acids is 2. The maximum atomic E-state index is 11.7. The van der Waals surface area contributed by atoms with Crippen LogP contribution in [0.2, 0.25) is 0 Å². The van der Waals surface area contributed by atoms with Crippen molar-refractivity contribution in [2.75, 3.05) is 0 Å². The van der Waals surface area contributed by atoms with Crippen molar-refractivity contribution in [2.45, 2.75) is 25.9 Å². The van der Waals surface area contributed by atoms with Gasteiger partial charge in [0.2, 0.25) is 5.91 Å². The zero-order chi connectivity index (χ0) is 14.5. The minimum absolute atomic E-state index is 0.0325. The van der Waals surface area contributed by atoms with Crippen LogP contribution in [-0.2, 0) is 9.59 Å². The molecule has 1 fully saturated rings. The third-order valence-corrected chi connectivity index (χ3v) is 2.92. The second-order valence-corrected chi connectivity index (χ2v) is 4.65. The van der Waals surface area contributed by atoms with E-state index in [4.69, 9.17) is 10.00 Å². The van der Waals surface area contributed by atoms with E-state index >= 15 is 0 Å². The van der Waals surface area contributed by atoms with Crippen molar-refractivity contribution >= 4 is 11.8 Å². The van der Waals surface area contributed by atoms with Crippen LogP contribution in [0.5, 0.6) is 5.75 Å². The zero-order valence-electron chi connectivity index (χ0n) is 11.1. The van der Waals surface area contributed by atoms with Gasteiger partial charge in [-0.25, -0.2) is 0 Å². The smallest absolute Gasteiger partial charge is 0.279 e. The normalized spacial score (nSPS) is 14.8. The van der Waals surface area contributed by atoms with Gasteiger partial charge in [0.25, 0.3) is 5.91 Å². The number of amides is 2. The van der Waals surface area contributed by atoms with Gasteiger partial charge in [-0.2, -0.15) is 5.26 Å². The first-order valence-corrected chi connectivity index (χ1v) is 6.36. The van der Waals surface area contributed by atoms with Gasteiger partial charge in [-0.1, -0.05) is 0 Å². The summed E-state index contributed by atoms with van der Waals surface area (Å²) in [6, 6.07) is 8.44. The second kappa shape index (κ2) is 6.06. The van der Waals surface area contributed by atoms with E-state index < -0.39 is 12.0 Å². The monoisotopic (exact) mass is 273 g/mol. The molecule has 0 bridgehead atoms. The fraction of sp³-hybridized carbons (Fsp3) is 0.357. The van der Waals surface area contributed by atoms with Gasteiger partial charge in [-0.3, -0.25) is 20.4 Å². The minimum Gasteiger partial charge on any atom is -0.481 e. The average Bonchev–Trinajstić information content (AvgIpc) is 3.29. The summed E-state index contributed by atoms with van der Waals surface area (Å²) in [7, 11) is 0. The van der Waals surface area contributed by atoms with Gasteiger partial charge in [-0.15, -0.1) is 0 Å². The molecule has 2 rings (SSSR count). The van der Waals surface area contributed by atoms with Crippen LogP contribution < -0.4 is 15.6 Å². The fourth-order valence-electron chi connectivity index (χ4n) is 1.54. The Morgan fingerprint density at radius 1 is 1.30 bits per heavy atom. The molecule has 6 nitrogen and oxygen atoms in total. The maximum absolute atomic E-state index is 11.7. The number of hydrogen-bond acceptors (Lipinski definition) is 4. The van der Waals surface area contributed by atoms with Gasteiger partial charge in [-0.05, 0) is 44.0 Å². The van der Waals surface area contributed by atoms with Crippen LogP contribution in [0.4, 0.5) is 0 Å². The highest BCUT2D eigenvalue weighted by atomic mass is 16.5. The number of hydrogen-bond donors (Lipinski definition) is 2. The number of rotatable bonds is 4. The molecule has 1 aliphatic carbocycles. The molecule has 1 aromatic rings. The lowest BCUT2D eigenvalue weighted by Crippen LogP contribution is -2.47. The Morgan fingerprint density at radius 3 is 2.50 bits per heavy atom. The van der Waals surface area contributed by atoms with Crippen LogP contribution in [0, 0.1) is 17.2 Å². The molecular formula is C14H15N3O3. The highest BCUT2D eigenvalue weighted by Crippen LogP contribution is 2.28. The third kappa shape index (κ3) is 3.72. The molecule has 0 radical (unpaired) electrons. The van der Waals surface area contributed by atoms with Crippen LogP contribution in [0.25, 0.3) is 0 Å². The van der Waals surface area contributed by atoms with Crippen molar-refractivity contribution in [3.05, 3.63) is 29.8 Å². The zero-order valence-corrected chi connectivity index (χ0v) is 11.1. The summed E-state index contributed by atoms with van der Waals surface area (Å²) < 4.78 is 5.41. The Kier molecular flexibility index (Phi) is 4.20. The fourth-order valence-corrected chi connectivity index (χ4v) is 1.54. The number of hydrazine groups is 1. The van der Waals surface area contributed by atoms with E-state index in [9.17, 15) is 9.59 Å². The molecular weight excluding hydrogens is 258 g/mol. The summed E-state index contributed by atoms with van der Waals surface area (Å²) in [5.41, 5.74) is 5.22. The van der Waals surface area contributed by atoms with E-state index in [-0.39, 0.29) is 11.8 Å². The van der Waals surface area contributed by atoms with Gasteiger partial charge < -0.3 is 4.74 Å². The molecule has 0 aliphatic heterocycles. The molecule has 104 valence electrons. The van der Waals surface area contributed by atoms with E-state index in [0.29, 0.717) is 11.3 Å².